The van der Waals surface area contributed by atoms with Crippen LogP contribution in [0.1, 0.15) is 39.2 Å². The van der Waals surface area contributed by atoms with E-state index in [1.165, 1.54) is 0 Å². The Hall–Kier alpha value is -0.680. The van der Waals surface area contributed by atoms with Gasteiger partial charge in [0.2, 0.25) is 0 Å². The van der Waals surface area contributed by atoms with Gasteiger partial charge in [0.1, 0.15) is 10.3 Å². The molecule has 1 rings (SSSR count). The van der Waals surface area contributed by atoms with Crippen LogP contribution in [0.5, 0.6) is 0 Å². The van der Waals surface area contributed by atoms with Crippen LogP contribution in [0.2, 0.25) is 0 Å². The van der Waals surface area contributed by atoms with Crippen molar-refractivity contribution in [1.29, 1.82) is 0 Å². The highest BCUT2D eigenvalue weighted by atomic mass is 79.9. The molecule has 1 N–H and O–H groups in total. The largest absolute Gasteiger partial charge is 0.310 e. The Kier molecular flexibility index (Phi) is 6.72. The first-order valence-electron chi connectivity index (χ1n) is 6.97. The number of halogens is 1. The summed E-state index contributed by atoms with van der Waals surface area (Å²) in [5, 5.41) is 0. The summed E-state index contributed by atoms with van der Waals surface area (Å²) in [5.41, 5.74) is 0.800. The fourth-order valence-electron chi connectivity index (χ4n) is 2.00. The smallest absolute Gasteiger partial charge is 0.265 e. The molecule has 1 aromatic rings. The fourth-order valence-corrected chi connectivity index (χ4v) is 2.35. The van der Waals surface area contributed by atoms with Crippen LogP contribution in [0.4, 0.5) is 0 Å². The Morgan fingerprint density at radius 2 is 1.95 bits per heavy atom. The monoisotopic (exact) mass is 329 g/mol. The van der Waals surface area contributed by atoms with Crippen molar-refractivity contribution in [1.82, 2.24) is 14.9 Å². The Balaban J connectivity index is 2.85. The summed E-state index contributed by atoms with van der Waals surface area (Å²) in [5.74, 6) is 1.27. The van der Waals surface area contributed by atoms with Crippen molar-refractivity contribution in [3.63, 3.8) is 0 Å². The maximum Gasteiger partial charge on any atom is 0.265 e. The molecule has 0 fully saturated rings. The highest BCUT2D eigenvalue weighted by Gasteiger charge is 2.11. The van der Waals surface area contributed by atoms with Crippen LogP contribution in [-0.4, -0.2) is 34.5 Å². The van der Waals surface area contributed by atoms with Gasteiger partial charge in [-0.15, -0.1) is 0 Å². The van der Waals surface area contributed by atoms with Gasteiger partial charge < -0.3 is 9.88 Å². The number of likely N-dealkylation sites (N-methyl/N-ethyl adjacent to an activating group) is 1. The molecule has 0 spiro atoms. The summed E-state index contributed by atoms with van der Waals surface area (Å²) in [6, 6.07) is 0. The van der Waals surface area contributed by atoms with E-state index in [-0.39, 0.29) is 5.56 Å². The first kappa shape index (κ1) is 16.4. The van der Waals surface area contributed by atoms with Crippen molar-refractivity contribution < 1.29 is 0 Å². The van der Waals surface area contributed by atoms with Crippen LogP contribution < -0.4 is 5.56 Å². The van der Waals surface area contributed by atoms with Crippen molar-refractivity contribution in [2.45, 2.75) is 40.5 Å². The Labute approximate surface area is 123 Å². The van der Waals surface area contributed by atoms with E-state index in [0.29, 0.717) is 10.4 Å². The minimum atomic E-state index is -0.0693. The molecule has 0 bridgehead atoms. The quantitative estimate of drug-likeness (QED) is 0.836. The summed E-state index contributed by atoms with van der Waals surface area (Å²) in [4.78, 5) is 21.6. The number of nitrogens with one attached hydrogen (secondary N) is 1. The molecule has 108 valence electrons. The van der Waals surface area contributed by atoms with Gasteiger partial charge in [-0.3, -0.25) is 4.79 Å². The average Bonchev–Trinajstić information content (AvgIpc) is 2.36. The predicted molar refractivity (Wildman–Crippen MR) is 82.6 cm³/mol. The molecule has 0 atom stereocenters. The Morgan fingerprint density at radius 3 is 2.47 bits per heavy atom. The van der Waals surface area contributed by atoms with E-state index in [4.69, 9.17) is 0 Å². The third kappa shape index (κ3) is 5.07. The number of aromatic amines is 1. The number of H-pyrrole nitrogens is 1. The van der Waals surface area contributed by atoms with Crippen molar-refractivity contribution in [2.75, 3.05) is 19.6 Å². The minimum absolute atomic E-state index is 0.0693. The topological polar surface area (TPSA) is 49.0 Å². The van der Waals surface area contributed by atoms with Crippen molar-refractivity contribution in [3.05, 3.63) is 26.3 Å². The van der Waals surface area contributed by atoms with E-state index in [1.807, 2.05) is 0 Å². The van der Waals surface area contributed by atoms with Crippen molar-refractivity contribution in [2.24, 2.45) is 5.92 Å². The molecule has 5 heteroatoms. The minimum Gasteiger partial charge on any atom is -0.310 e. The molecule has 4 nitrogen and oxygen atoms in total. The van der Waals surface area contributed by atoms with Crippen LogP contribution >= 0.6 is 15.9 Å². The van der Waals surface area contributed by atoms with Crippen LogP contribution in [0.25, 0.3) is 0 Å². The Bertz CT molecular complexity index is 452. The van der Waals surface area contributed by atoms with Gasteiger partial charge >= 0.3 is 0 Å². The number of hydrogen-bond donors (Lipinski definition) is 1. The molecule has 0 amide bonds. The predicted octanol–water partition coefficient (Wildman–Crippen LogP) is 2.62. The van der Waals surface area contributed by atoms with E-state index in [9.17, 15) is 4.79 Å². The number of rotatable bonds is 7. The first-order valence-corrected chi connectivity index (χ1v) is 7.77. The maximum absolute atomic E-state index is 11.9. The zero-order valence-corrected chi connectivity index (χ0v) is 13.9. The lowest BCUT2D eigenvalue weighted by molar-refractivity contribution is 0.305. The summed E-state index contributed by atoms with van der Waals surface area (Å²) >= 11 is 3.33. The van der Waals surface area contributed by atoms with Gasteiger partial charge in [0.15, 0.2) is 0 Å². The van der Waals surface area contributed by atoms with Crippen molar-refractivity contribution in [3.8, 4) is 0 Å². The van der Waals surface area contributed by atoms with Gasteiger partial charge in [-0.05, 0) is 41.4 Å². The molecule has 1 heterocycles. The lowest BCUT2D eigenvalue weighted by Gasteiger charge is -2.17. The summed E-state index contributed by atoms with van der Waals surface area (Å²) < 4.78 is 0.577. The summed E-state index contributed by atoms with van der Waals surface area (Å²) in [7, 11) is 0. The van der Waals surface area contributed by atoms with Gasteiger partial charge in [-0.25, -0.2) is 4.98 Å². The Morgan fingerprint density at radius 1 is 1.32 bits per heavy atom. The molecular weight excluding hydrogens is 306 g/mol. The van der Waals surface area contributed by atoms with E-state index in [1.54, 1.807) is 0 Å². The van der Waals surface area contributed by atoms with Crippen LogP contribution in [0.15, 0.2) is 9.27 Å². The molecular formula is C14H24BrN3O. The number of nitrogens with zero attached hydrogens (tertiary/aromatic N) is 2. The third-order valence-corrected chi connectivity index (χ3v) is 3.96. The van der Waals surface area contributed by atoms with Crippen molar-refractivity contribution >= 4 is 15.9 Å². The second kappa shape index (κ2) is 7.80. The van der Waals surface area contributed by atoms with Crippen LogP contribution in [0, 0.1) is 5.92 Å². The molecule has 0 aliphatic rings. The van der Waals surface area contributed by atoms with E-state index in [2.05, 4.69) is 58.5 Å². The van der Waals surface area contributed by atoms with E-state index >= 15 is 0 Å². The maximum atomic E-state index is 11.9. The van der Waals surface area contributed by atoms with Gasteiger partial charge in [0, 0.05) is 13.0 Å². The summed E-state index contributed by atoms with van der Waals surface area (Å²) in [6.07, 6.45) is 1.61. The van der Waals surface area contributed by atoms with Crippen LogP contribution in [0.3, 0.4) is 0 Å². The normalized spacial score (nSPS) is 11.5. The zero-order chi connectivity index (χ0) is 14.4. The van der Waals surface area contributed by atoms with E-state index < -0.39 is 0 Å². The molecule has 1 aromatic heterocycles. The molecule has 0 saturated carbocycles. The number of aromatic nitrogens is 2. The van der Waals surface area contributed by atoms with Gasteiger partial charge in [-0.2, -0.15) is 0 Å². The molecule has 0 saturated heterocycles. The molecule has 0 radical (unpaired) electrons. The average molecular weight is 330 g/mol. The van der Waals surface area contributed by atoms with Gasteiger partial charge in [0.25, 0.3) is 5.56 Å². The fraction of sp³-hybridized carbons (Fsp3) is 0.714. The highest BCUT2D eigenvalue weighted by Crippen LogP contribution is 2.13. The second-order valence-corrected chi connectivity index (χ2v) is 5.94. The van der Waals surface area contributed by atoms with E-state index in [0.717, 1.165) is 44.0 Å². The zero-order valence-electron chi connectivity index (χ0n) is 12.3. The highest BCUT2D eigenvalue weighted by molar-refractivity contribution is 9.10. The van der Waals surface area contributed by atoms with Crippen LogP contribution in [-0.2, 0) is 12.8 Å². The standard InChI is InChI=1S/C14H24BrN3O/c1-5-18(6-2)8-7-12-16-11(9-10(3)4)13(15)14(19)17-12/h10H,5-9H2,1-4H3,(H,16,17,19). The second-order valence-electron chi connectivity index (χ2n) is 5.15. The molecule has 0 aliphatic carbocycles. The molecule has 0 aromatic carbocycles. The third-order valence-electron chi connectivity index (χ3n) is 3.14. The van der Waals surface area contributed by atoms with Gasteiger partial charge in [-0.1, -0.05) is 27.7 Å². The lowest BCUT2D eigenvalue weighted by atomic mass is 10.1. The number of hydrogen-bond acceptors (Lipinski definition) is 3. The molecule has 19 heavy (non-hydrogen) atoms. The SMILES string of the molecule is CCN(CC)CCc1nc(CC(C)C)c(Br)c(=O)[nH]1. The van der Waals surface area contributed by atoms with Gasteiger partial charge in [0.05, 0.1) is 5.69 Å². The molecule has 0 aliphatic heterocycles. The summed E-state index contributed by atoms with van der Waals surface area (Å²) in [6.45, 7) is 11.5. The first-order chi connectivity index (χ1) is 8.97. The lowest BCUT2D eigenvalue weighted by Crippen LogP contribution is -2.27. The molecule has 0 unspecified atom stereocenters.